The first kappa shape index (κ1) is 10.5. The van der Waals surface area contributed by atoms with Crippen LogP contribution in [-0.4, -0.2) is 38.3 Å². The molecule has 1 rings (SSSR count). The SMILES string of the molecule is CCNC(=O)CCC1COCCN1. The van der Waals surface area contributed by atoms with Gasteiger partial charge in [-0.1, -0.05) is 0 Å². The zero-order valence-electron chi connectivity index (χ0n) is 8.14. The van der Waals surface area contributed by atoms with Crippen molar-refractivity contribution in [2.75, 3.05) is 26.3 Å². The summed E-state index contributed by atoms with van der Waals surface area (Å²) in [4.78, 5) is 11.1. The topological polar surface area (TPSA) is 50.4 Å². The van der Waals surface area contributed by atoms with Crippen LogP contribution in [0.4, 0.5) is 0 Å². The highest BCUT2D eigenvalue weighted by Gasteiger charge is 2.13. The van der Waals surface area contributed by atoms with Gasteiger partial charge in [0, 0.05) is 25.6 Å². The summed E-state index contributed by atoms with van der Waals surface area (Å²) in [6.45, 7) is 5.07. The lowest BCUT2D eigenvalue weighted by atomic mass is 10.1. The number of morpholine rings is 1. The van der Waals surface area contributed by atoms with Gasteiger partial charge in [-0.05, 0) is 13.3 Å². The summed E-state index contributed by atoms with van der Waals surface area (Å²) >= 11 is 0. The highest BCUT2D eigenvalue weighted by molar-refractivity contribution is 5.75. The van der Waals surface area contributed by atoms with E-state index >= 15 is 0 Å². The summed E-state index contributed by atoms with van der Waals surface area (Å²) in [5, 5.41) is 6.09. The van der Waals surface area contributed by atoms with Crippen LogP contribution in [0.5, 0.6) is 0 Å². The molecule has 1 unspecified atom stereocenters. The van der Waals surface area contributed by atoms with Crippen molar-refractivity contribution in [3.05, 3.63) is 0 Å². The van der Waals surface area contributed by atoms with Crippen LogP contribution in [0.1, 0.15) is 19.8 Å². The van der Waals surface area contributed by atoms with Gasteiger partial charge in [-0.2, -0.15) is 0 Å². The lowest BCUT2D eigenvalue weighted by Crippen LogP contribution is -2.41. The molecule has 2 N–H and O–H groups in total. The number of carbonyl (C=O) groups is 1. The lowest BCUT2D eigenvalue weighted by Gasteiger charge is -2.23. The molecule has 1 aliphatic rings. The molecule has 0 aromatic heterocycles. The molecule has 1 heterocycles. The average molecular weight is 186 g/mol. The summed E-state index contributed by atoms with van der Waals surface area (Å²) in [5.74, 6) is 0.134. The molecule has 0 aliphatic carbocycles. The first-order chi connectivity index (χ1) is 6.33. The van der Waals surface area contributed by atoms with Gasteiger partial charge < -0.3 is 15.4 Å². The molecule has 1 aliphatic heterocycles. The maximum Gasteiger partial charge on any atom is 0.220 e. The first-order valence-electron chi connectivity index (χ1n) is 4.90. The molecule has 1 amide bonds. The molecule has 0 aromatic rings. The second-order valence-corrected chi connectivity index (χ2v) is 3.22. The van der Waals surface area contributed by atoms with Gasteiger partial charge in [-0.15, -0.1) is 0 Å². The molecular weight excluding hydrogens is 168 g/mol. The highest BCUT2D eigenvalue weighted by atomic mass is 16.5. The minimum absolute atomic E-state index is 0.134. The Hall–Kier alpha value is -0.610. The number of carbonyl (C=O) groups excluding carboxylic acids is 1. The third-order valence-electron chi connectivity index (χ3n) is 2.09. The van der Waals surface area contributed by atoms with Crippen molar-refractivity contribution in [1.29, 1.82) is 0 Å². The molecule has 13 heavy (non-hydrogen) atoms. The number of hydrogen-bond acceptors (Lipinski definition) is 3. The Kier molecular flexibility index (Phi) is 4.78. The zero-order valence-corrected chi connectivity index (χ0v) is 8.14. The molecule has 4 nitrogen and oxygen atoms in total. The normalized spacial score (nSPS) is 22.7. The number of nitrogens with one attached hydrogen (secondary N) is 2. The van der Waals surface area contributed by atoms with E-state index in [9.17, 15) is 4.79 Å². The van der Waals surface area contributed by atoms with Gasteiger partial charge in [0.05, 0.1) is 13.2 Å². The lowest BCUT2D eigenvalue weighted by molar-refractivity contribution is -0.121. The maximum atomic E-state index is 11.1. The first-order valence-corrected chi connectivity index (χ1v) is 4.90. The maximum absolute atomic E-state index is 11.1. The van der Waals surface area contributed by atoms with Crippen LogP contribution in [0, 0.1) is 0 Å². The van der Waals surface area contributed by atoms with Gasteiger partial charge in [-0.3, -0.25) is 4.79 Å². The summed E-state index contributed by atoms with van der Waals surface area (Å²) in [5.41, 5.74) is 0. The highest BCUT2D eigenvalue weighted by Crippen LogP contribution is 2.01. The van der Waals surface area contributed by atoms with Crippen molar-refractivity contribution in [2.24, 2.45) is 0 Å². The number of amides is 1. The smallest absolute Gasteiger partial charge is 0.220 e. The second-order valence-electron chi connectivity index (χ2n) is 3.22. The Labute approximate surface area is 79.0 Å². The van der Waals surface area contributed by atoms with Crippen LogP contribution in [0.15, 0.2) is 0 Å². The van der Waals surface area contributed by atoms with E-state index in [-0.39, 0.29) is 5.91 Å². The number of hydrogen-bond donors (Lipinski definition) is 2. The van der Waals surface area contributed by atoms with Gasteiger partial charge in [0.25, 0.3) is 0 Å². The van der Waals surface area contributed by atoms with E-state index in [1.807, 2.05) is 6.92 Å². The molecule has 0 saturated carbocycles. The molecule has 1 atom stereocenters. The average Bonchev–Trinajstić information content (AvgIpc) is 2.17. The predicted octanol–water partition coefficient (Wildman–Crippen LogP) is -0.109. The Morgan fingerprint density at radius 2 is 2.54 bits per heavy atom. The van der Waals surface area contributed by atoms with Gasteiger partial charge in [0.2, 0.25) is 5.91 Å². The Morgan fingerprint density at radius 1 is 1.69 bits per heavy atom. The molecule has 0 bridgehead atoms. The standard InChI is InChI=1S/C9H18N2O2/c1-2-10-9(12)4-3-8-7-13-6-5-11-8/h8,11H,2-7H2,1H3,(H,10,12). The van der Waals surface area contributed by atoms with E-state index in [1.165, 1.54) is 0 Å². The largest absolute Gasteiger partial charge is 0.379 e. The van der Waals surface area contributed by atoms with Crippen LogP contribution < -0.4 is 10.6 Å². The van der Waals surface area contributed by atoms with Crippen molar-refractivity contribution in [2.45, 2.75) is 25.8 Å². The monoisotopic (exact) mass is 186 g/mol. The van der Waals surface area contributed by atoms with E-state index < -0.39 is 0 Å². The fraction of sp³-hybridized carbons (Fsp3) is 0.889. The number of rotatable bonds is 4. The Morgan fingerprint density at radius 3 is 3.15 bits per heavy atom. The molecule has 1 saturated heterocycles. The quantitative estimate of drug-likeness (QED) is 0.644. The summed E-state index contributed by atoms with van der Waals surface area (Å²) < 4.78 is 5.28. The fourth-order valence-electron chi connectivity index (χ4n) is 1.40. The predicted molar refractivity (Wildman–Crippen MR) is 50.5 cm³/mol. The fourth-order valence-corrected chi connectivity index (χ4v) is 1.40. The summed E-state index contributed by atoms with van der Waals surface area (Å²) in [6, 6.07) is 0.358. The third-order valence-corrected chi connectivity index (χ3v) is 2.09. The van der Waals surface area contributed by atoms with Gasteiger partial charge >= 0.3 is 0 Å². The van der Waals surface area contributed by atoms with E-state index in [2.05, 4.69) is 10.6 Å². The van der Waals surface area contributed by atoms with E-state index in [4.69, 9.17) is 4.74 Å². The van der Waals surface area contributed by atoms with Crippen LogP contribution in [-0.2, 0) is 9.53 Å². The summed E-state index contributed by atoms with van der Waals surface area (Å²) in [6.07, 6.45) is 1.46. The van der Waals surface area contributed by atoms with E-state index in [0.717, 1.165) is 26.2 Å². The van der Waals surface area contributed by atoms with Gasteiger partial charge in [0.1, 0.15) is 0 Å². The molecular formula is C9H18N2O2. The van der Waals surface area contributed by atoms with Gasteiger partial charge in [-0.25, -0.2) is 0 Å². The molecule has 76 valence electrons. The van der Waals surface area contributed by atoms with Crippen molar-refractivity contribution in [1.82, 2.24) is 10.6 Å². The third kappa shape index (κ3) is 4.24. The molecule has 1 fully saturated rings. The molecule has 0 radical (unpaired) electrons. The molecule has 0 spiro atoms. The van der Waals surface area contributed by atoms with Crippen LogP contribution in [0.2, 0.25) is 0 Å². The Balaban J connectivity index is 2.06. The number of ether oxygens (including phenoxy) is 1. The van der Waals surface area contributed by atoms with Crippen LogP contribution in [0.3, 0.4) is 0 Å². The van der Waals surface area contributed by atoms with Crippen molar-refractivity contribution in [3.8, 4) is 0 Å². The summed E-state index contributed by atoms with van der Waals surface area (Å²) in [7, 11) is 0. The molecule has 0 aromatic carbocycles. The van der Waals surface area contributed by atoms with Crippen LogP contribution in [0.25, 0.3) is 0 Å². The van der Waals surface area contributed by atoms with E-state index in [0.29, 0.717) is 19.0 Å². The van der Waals surface area contributed by atoms with Crippen molar-refractivity contribution < 1.29 is 9.53 Å². The second kappa shape index (κ2) is 5.94. The minimum Gasteiger partial charge on any atom is -0.379 e. The zero-order chi connectivity index (χ0) is 9.52. The molecule has 4 heteroatoms. The Bertz CT molecular complexity index is 156. The minimum atomic E-state index is 0.134. The van der Waals surface area contributed by atoms with Crippen molar-refractivity contribution >= 4 is 5.91 Å². The van der Waals surface area contributed by atoms with Crippen molar-refractivity contribution in [3.63, 3.8) is 0 Å². The van der Waals surface area contributed by atoms with Gasteiger partial charge in [0.15, 0.2) is 0 Å². The van der Waals surface area contributed by atoms with E-state index in [1.54, 1.807) is 0 Å². The van der Waals surface area contributed by atoms with Crippen LogP contribution >= 0.6 is 0 Å².